The normalized spacial score (nSPS) is 21.7. The van der Waals surface area contributed by atoms with Crippen molar-refractivity contribution >= 4 is 11.4 Å². The maximum absolute atomic E-state index is 13.3. The largest absolute Gasteiger partial charge is 0.382 e. The molecule has 1 fully saturated rings. The van der Waals surface area contributed by atoms with E-state index in [2.05, 4.69) is 22.8 Å². The van der Waals surface area contributed by atoms with Crippen LogP contribution in [0.15, 0.2) is 84.9 Å². The summed E-state index contributed by atoms with van der Waals surface area (Å²) in [5.41, 5.74) is 3.14. The molecule has 27 heavy (non-hydrogen) atoms. The lowest BCUT2D eigenvalue weighted by atomic mass is 10.0. The molecular formula is C23H23FN2O. The summed E-state index contributed by atoms with van der Waals surface area (Å²) in [6.45, 7) is 0.731. The van der Waals surface area contributed by atoms with Crippen molar-refractivity contribution in [1.82, 2.24) is 0 Å². The first-order chi connectivity index (χ1) is 13.3. The third-order valence-electron chi connectivity index (χ3n) is 4.85. The van der Waals surface area contributed by atoms with Gasteiger partial charge in [0, 0.05) is 17.9 Å². The number of anilines is 2. The summed E-state index contributed by atoms with van der Waals surface area (Å²) in [4.78, 5) is 0. The maximum Gasteiger partial charge on any atom is 0.123 e. The van der Waals surface area contributed by atoms with Crippen LogP contribution < -0.4 is 10.6 Å². The van der Waals surface area contributed by atoms with E-state index in [1.165, 1.54) is 12.1 Å². The minimum absolute atomic E-state index is 0.0708. The molecule has 0 aliphatic carbocycles. The van der Waals surface area contributed by atoms with Gasteiger partial charge in [-0.25, -0.2) is 4.39 Å². The van der Waals surface area contributed by atoms with Gasteiger partial charge in [-0.05, 0) is 48.4 Å². The molecule has 0 amide bonds. The van der Waals surface area contributed by atoms with E-state index in [0.29, 0.717) is 0 Å². The lowest BCUT2D eigenvalue weighted by molar-refractivity contribution is 0.0498. The van der Waals surface area contributed by atoms with Crippen molar-refractivity contribution in [3.05, 3.63) is 96.3 Å². The summed E-state index contributed by atoms with van der Waals surface area (Å²) in [6.07, 6.45) is 0.825. The Kier molecular flexibility index (Phi) is 5.35. The maximum atomic E-state index is 13.3. The predicted octanol–water partition coefficient (Wildman–Crippen LogP) is 5.25. The fraction of sp³-hybridized carbons (Fsp3) is 0.217. The van der Waals surface area contributed by atoms with E-state index >= 15 is 0 Å². The van der Waals surface area contributed by atoms with Crippen molar-refractivity contribution in [1.29, 1.82) is 0 Å². The molecule has 2 N–H and O–H groups in total. The Balaban J connectivity index is 1.48. The van der Waals surface area contributed by atoms with Gasteiger partial charge in [0.25, 0.3) is 0 Å². The van der Waals surface area contributed by atoms with Crippen molar-refractivity contribution in [2.45, 2.75) is 24.7 Å². The zero-order chi connectivity index (χ0) is 18.5. The van der Waals surface area contributed by atoms with Gasteiger partial charge in [0.05, 0.1) is 12.1 Å². The van der Waals surface area contributed by atoms with Crippen LogP contribution in [0.3, 0.4) is 0 Å². The standard InChI is InChI=1S/C23H23FN2O/c24-18-13-11-17(12-14-18)23-22(26-20-9-5-2-6-10-20)15-21(27-23)16-25-19-7-3-1-4-8-19/h1-14,21-23,25-26H,15-16H2/t21-,22+,23-/m0/s1. The minimum atomic E-state index is -0.230. The van der Waals surface area contributed by atoms with Gasteiger partial charge >= 0.3 is 0 Å². The van der Waals surface area contributed by atoms with Crippen LogP contribution in [-0.2, 0) is 4.74 Å². The Labute approximate surface area is 159 Å². The SMILES string of the molecule is Fc1ccc([C@@H]2O[C@H](CNc3ccccc3)C[C@H]2Nc2ccccc2)cc1. The summed E-state index contributed by atoms with van der Waals surface area (Å²) in [6, 6.07) is 27.0. The van der Waals surface area contributed by atoms with Crippen molar-refractivity contribution < 1.29 is 9.13 Å². The second-order valence-corrected chi connectivity index (χ2v) is 6.83. The monoisotopic (exact) mass is 362 g/mol. The highest BCUT2D eigenvalue weighted by Gasteiger charge is 2.36. The van der Waals surface area contributed by atoms with Gasteiger partial charge < -0.3 is 15.4 Å². The topological polar surface area (TPSA) is 33.3 Å². The van der Waals surface area contributed by atoms with Crippen LogP contribution in [0.4, 0.5) is 15.8 Å². The predicted molar refractivity (Wildman–Crippen MR) is 107 cm³/mol. The third kappa shape index (κ3) is 4.47. The molecule has 1 aliphatic heterocycles. The minimum Gasteiger partial charge on any atom is -0.382 e. The lowest BCUT2D eigenvalue weighted by Gasteiger charge is -2.21. The number of hydrogen-bond acceptors (Lipinski definition) is 3. The molecule has 3 atom stereocenters. The molecule has 3 aromatic rings. The van der Waals surface area contributed by atoms with Crippen LogP contribution >= 0.6 is 0 Å². The first-order valence-corrected chi connectivity index (χ1v) is 9.29. The number of halogens is 1. The number of rotatable bonds is 6. The molecule has 4 rings (SSSR count). The van der Waals surface area contributed by atoms with Gasteiger partial charge in [-0.15, -0.1) is 0 Å². The molecule has 0 aromatic heterocycles. The Morgan fingerprint density at radius 1 is 0.815 bits per heavy atom. The first-order valence-electron chi connectivity index (χ1n) is 9.29. The van der Waals surface area contributed by atoms with Crippen LogP contribution in [0.1, 0.15) is 18.1 Å². The molecule has 0 bridgehead atoms. The number of benzene rings is 3. The molecule has 0 spiro atoms. The van der Waals surface area contributed by atoms with Crippen LogP contribution in [-0.4, -0.2) is 18.7 Å². The number of para-hydroxylation sites is 2. The molecule has 1 aliphatic rings. The number of ether oxygens (including phenoxy) is 1. The zero-order valence-electron chi connectivity index (χ0n) is 15.0. The molecule has 1 heterocycles. The number of nitrogens with one attached hydrogen (secondary N) is 2. The van der Waals surface area contributed by atoms with Crippen molar-refractivity contribution in [3.63, 3.8) is 0 Å². The van der Waals surface area contributed by atoms with Crippen LogP contribution in [0.5, 0.6) is 0 Å². The summed E-state index contributed by atoms with van der Waals surface area (Å²) in [5.74, 6) is -0.230. The van der Waals surface area contributed by atoms with Crippen LogP contribution in [0.25, 0.3) is 0 Å². The fourth-order valence-corrected chi connectivity index (χ4v) is 3.53. The molecule has 0 unspecified atom stereocenters. The summed E-state index contributed by atoms with van der Waals surface area (Å²) in [7, 11) is 0. The van der Waals surface area contributed by atoms with E-state index in [4.69, 9.17) is 4.74 Å². The van der Waals surface area contributed by atoms with Crippen molar-refractivity contribution in [2.24, 2.45) is 0 Å². The fourth-order valence-electron chi connectivity index (χ4n) is 3.53. The highest BCUT2D eigenvalue weighted by molar-refractivity contribution is 5.45. The van der Waals surface area contributed by atoms with Gasteiger partial charge in [-0.2, -0.15) is 0 Å². The lowest BCUT2D eigenvalue weighted by Crippen LogP contribution is -2.23. The molecule has 1 saturated heterocycles. The summed E-state index contributed by atoms with van der Waals surface area (Å²) < 4.78 is 19.7. The highest BCUT2D eigenvalue weighted by atomic mass is 19.1. The smallest absolute Gasteiger partial charge is 0.123 e. The first kappa shape index (κ1) is 17.6. The van der Waals surface area contributed by atoms with Gasteiger partial charge in [-0.1, -0.05) is 48.5 Å². The van der Waals surface area contributed by atoms with Crippen molar-refractivity contribution in [3.8, 4) is 0 Å². The van der Waals surface area contributed by atoms with Crippen molar-refractivity contribution in [2.75, 3.05) is 17.2 Å². The molecular weight excluding hydrogens is 339 g/mol. The van der Waals surface area contributed by atoms with Gasteiger partial charge in [0.15, 0.2) is 0 Å². The Morgan fingerprint density at radius 3 is 2.11 bits per heavy atom. The highest BCUT2D eigenvalue weighted by Crippen LogP contribution is 2.35. The van der Waals surface area contributed by atoms with Gasteiger partial charge in [0.2, 0.25) is 0 Å². The Hall–Kier alpha value is -2.85. The summed E-state index contributed by atoms with van der Waals surface area (Å²) in [5, 5.41) is 7.03. The average Bonchev–Trinajstić information content (AvgIpc) is 3.11. The summed E-state index contributed by atoms with van der Waals surface area (Å²) >= 11 is 0. The quantitative estimate of drug-likeness (QED) is 0.628. The molecule has 3 aromatic carbocycles. The van der Waals surface area contributed by atoms with E-state index in [1.807, 2.05) is 60.7 Å². The van der Waals surface area contributed by atoms with E-state index in [-0.39, 0.29) is 24.1 Å². The molecule has 138 valence electrons. The zero-order valence-corrected chi connectivity index (χ0v) is 15.0. The second kappa shape index (κ2) is 8.23. The molecule has 4 heteroatoms. The number of hydrogen-bond donors (Lipinski definition) is 2. The molecule has 3 nitrogen and oxygen atoms in total. The Morgan fingerprint density at radius 2 is 1.44 bits per heavy atom. The van der Waals surface area contributed by atoms with Gasteiger partial charge in [0.1, 0.15) is 11.9 Å². The molecule has 0 radical (unpaired) electrons. The van der Waals surface area contributed by atoms with Crippen LogP contribution in [0, 0.1) is 5.82 Å². The Bertz CT molecular complexity index is 839. The van der Waals surface area contributed by atoms with E-state index in [0.717, 1.165) is 29.9 Å². The third-order valence-corrected chi connectivity index (χ3v) is 4.85. The van der Waals surface area contributed by atoms with E-state index < -0.39 is 0 Å². The van der Waals surface area contributed by atoms with Gasteiger partial charge in [-0.3, -0.25) is 0 Å². The second-order valence-electron chi connectivity index (χ2n) is 6.83. The average molecular weight is 362 g/mol. The van der Waals surface area contributed by atoms with Crippen LogP contribution in [0.2, 0.25) is 0 Å². The van der Waals surface area contributed by atoms with E-state index in [9.17, 15) is 4.39 Å². The molecule has 0 saturated carbocycles. The van der Waals surface area contributed by atoms with E-state index in [1.54, 1.807) is 0 Å².